The third-order valence-corrected chi connectivity index (χ3v) is 8.87. The fraction of sp³-hybridized carbons (Fsp3) is 0.486. The number of carbonyl (C=O) groups is 1. The summed E-state index contributed by atoms with van der Waals surface area (Å²) >= 11 is 0. The van der Waals surface area contributed by atoms with Crippen LogP contribution in [0, 0.1) is 0 Å². The molecule has 2 heterocycles. The molecule has 0 aromatic heterocycles. The Labute approximate surface area is 259 Å². The van der Waals surface area contributed by atoms with Crippen molar-refractivity contribution < 1.29 is 14.3 Å². The zero-order valence-corrected chi connectivity index (χ0v) is 26.8. The van der Waals surface area contributed by atoms with E-state index in [0.717, 1.165) is 83.9 Å². The van der Waals surface area contributed by atoms with Gasteiger partial charge >= 0.3 is 0 Å². The minimum atomic E-state index is 0.141. The standard InChI is InChI=1S/C23H32N2O.C14H19NO2/c1-4-23(24(2)3,18-20-8-6-5-7-9-20)19-21-10-12-22(13-11-21)25-14-16-26-17-15-25;1-2-3-14(16)12-4-6-13(7-5-12)15-8-10-17-11-9-15/h5-13H,4,14-19H2,1-3H3;4-7H,2-3,8-11H2,1H3. The molecule has 1 unspecified atom stereocenters. The molecule has 2 fully saturated rings. The first-order valence-electron chi connectivity index (χ1n) is 16.0. The molecule has 1 atom stereocenters. The van der Waals surface area contributed by atoms with Crippen LogP contribution in [0.25, 0.3) is 0 Å². The average molecular weight is 586 g/mol. The lowest BCUT2D eigenvalue weighted by atomic mass is 9.81. The van der Waals surface area contributed by atoms with Crippen LogP contribution >= 0.6 is 0 Å². The molecule has 5 rings (SSSR count). The maximum Gasteiger partial charge on any atom is 0.162 e. The molecule has 232 valence electrons. The molecule has 0 bridgehead atoms. The van der Waals surface area contributed by atoms with Crippen LogP contribution in [0.2, 0.25) is 0 Å². The fourth-order valence-electron chi connectivity index (χ4n) is 6.00. The second-order valence-electron chi connectivity index (χ2n) is 11.9. The molecule has 0 N–H and O–H groups in total. The molecule has 43 heavy (non-hydrogen) atoms. The first kappa shape index (κ1) is 32.7. The van der Waals surface area contributed by atoms with Crippen molar-refractivity contribution in [2.45, 2.75) is 51.5 Å². The summed E-state index contributed by atoms with van der Waals surface area (Å²) in [6.45, 7) is 11.4. The van der Waals surface area contributed by atoms with Gasteiger partial charge in [-0.3, -0.25) is 4.79 Å². The Kier molecular flexibility index (Phi) is 12.6. The Morgan fingerprint density at radius 2 is 1.16 bits per heavy atom. The smallest absolute Gasteiger partial charge is 0.162 e. The third kappa shape index (κ3) is 9.40. The predicted octanol–water partition coefficient (Wildman–Crippen LogP) is 6.52. The van der Waals surface area contributed by atoms with E-state index >= 15 is 0 Å². The van der Waals surface area contributed by atoms with E-state index in [9.17, 15) is 4.79 Å². The van der Waals surface area contributed by atoms with Crippen molar-refractivity contribution in [2.75, 3.05) is 76.5 Å². The first-order valence-corrected chi connectivity index (χ1v) is 16.0. The van der Waals surface area contributed by atoms with E-state index in [1.165, 1.54) is 22.5 Å². The summed E-state index contributed by atoms with van der Waals surface area (Å²) in [5, 5.41) is 0. The zero-order chi connectivity index (χ0) is 30.5. The number of anilines is 2. The van der Waals surface area contributed by atoms with Gasteiger partial charge < -0.3 is 24.2 Å². The molecule has 0 aliphatic carbocycles. The van der Waals surface area contributed by atoms with Crippen LogP contribution in [0.4, 0.5) is 11.4 Å². The maximum absolute atomic E-state index is 11.7. The van der Waals surface area contributed by atoms with Gasteiger partial charge in [-0.15, -0.1) is 0 Å². The number of ketones is 1. The van der Waals surface area contributed by atoms with Crippen LogP contribution in [-0.4, -0.2) is 82.9 Å². The molecule has 2 aliphatic rings. The van der Waals surface area contributed by atoms with Crippen molar-refractivity contribution in [1.29, 1.82) is 0 Å². The Hall–Kier alpha value is -3.19. The fourth-order valence-corrected chi connectivity index (χ4v) is 6.00. The Morgan fingerprint density at radius 1 is 0.698 bits per heavy atom. The molecule has 0 spiro atoms. The molecule has 2 saturated heterocycles. The van der Waals surface area contributed by atoms with E-state index in [1.54, 1.807) is 0 Å². The number of likely N-dealkylation sites (N-methyl/N-ethyl adjacent to an activating group) is 1. The molecule has 3 aromatic carbocycles. The maximum atomic E-state index is 11.7. The van der Waals surface area contributed by atoms with Crippen molar-refractivity contribution in [3.8, 4) is 0 Å². The van der Waals surface area contributed by atoms with Crippen LogP contribution in [0.3, 0.4) is 0 Å². The van der Waals surface area contributed by atoms with Gasteiger partial charge in [-0.05, 0) is 87.3 Å². The van der Waals surface area contributed by atoms with Crippen molar-refractivity contribution >= 4 is 17.2 Å². The predicted molar refractivity (Wildman–Crippen MR) is 179 cm³/mol. The van der Waals surface area contributed by atoms with Gasteiger partial charge in [0, 0.05) is 55.1 Å². The lowest BCUT2D eigenvalue weighted by Crippen LogP contribution is -2.47. The highest BCUT2D eigenvalue weighted by Gasteiger charge is 2.31. The summed E-state index contributed by atoms with van der Waals surface area (Å²) in [6, 6.07) is 28.0. The quantitative estimate of drug-likeness (QED) is 0.239. The Bertz CT molecular complexity index is 1220. The van der Waals surface area contributed by atoms with Crippen LogP contribution in [0.15, 0.2) is 78.9 Å². The molecular formula is C37H51N3O3. The summed E-state index contributed by atoms with van der Waals surface area (Å²) < 4.78 is 10.8. The molecule has 3 aromatic rings. The van der Waals surface area contributed by atoms with Crippen LogP contribution < -0.4 is 9.80 Å². The Morgan fingerprint density at radius 3 is 1.60 bits per heavy atom. The number of nitrogens with zero attached hydrogens (tertiary/aromatic N) is 3. The summed E-state index contributed by atoms with van der Waals surface area (Å²) in [7, 11) is 4.43. The molecule has 6 heteroatoms. The van der Waals surface area contributed by atoms with E-state index in [0.29, 0.717) is 6.42 Å². The number of rotatable bonds is 11. The van der Waals surface area contributed by atoms with E-state index in [2.05, 4.69) is 90.3 Å². The summed E-state index contributed by atoms with van der Waals surface area (Å²) in [5.41, 5.74) is 6.28. The summed E-state index contributed by atoms with van der Waals surface area (Å²) in [4.78, 5) is 18.8. The average Bonchev–Trinajstić information content (AvgIpc) is 3.06. The van der Waals surface area contributed by atoms with Crippen molar-refractivity contribution in [3.63, 3.8) is 0 Å². The van der Waals surface area contributed by atoms with E-state index in [4.69, 9.17) is 9.47 Å². The normalized spacial score (nSPS) is 16.8. The molecular weight excluding hydrogens is 534 g/mol. The topological polar surface area (TPSA) is 45.2 Å². The number of Topliss-reactive ketones (excluding diaryl/α,β-unsaturated/α-hetero) is 1. The molecule has 0 amide bonds. The number of ether oxygens (including phenoxy) is 2. The Balaban J connectivity index is 0.000000215. The van der Waals surface area contributed by atoms with Gasteiger partial charge in [0.25, 0.3) is 0 Å². The van der Waals surface area contributed by atoms with Crippen LogP contribution in [0.5, 0.6) is 0 Å². The monoisotopic (exact) mass is 585 g/mol. The minimum absolute atomic E-state index is 0.141. The van der Waals surface area contributed by atoms with Crippen molar-refractivity contribution in [1.82, 2.24) is 4.90 Å². The number of carbonyl (C=O) groups excluding carboxylic acids is 1. The van der Waals surface area contributed by atoms with E-state index < -0.39 is 0 Å². The third-order valence-electron chi connectivity index (χ3n) is 8.87. The van der Waals surface area contributed by atoms with Gasteiger partial charge in [0.05, 0.1) is 26.4 Å². The first-order chi connectivity index (χ1) is 20.9. The molecule has 0 saturated carbocycles. The second-order valence-corrected chi connectivity index (χ2v) is 11.9. The number of morpholine rings is 2. The summed E-state index contributed by atoms with van der Waals surface area (Å²) in [5.74, 6) is 0.237. The van der Waals surface area contributed by atoms with Crippen molar-refractivity contribution in [3.05, 3.63) is 95.6 Å². The van der Waals surface area contributed by atoms with E-state index in [-0.39, 0.29) is 11.3 Å². The number of benzene rings is 3. The SMILES string of the molecule is CCC(Cc1ccccc1)(Cc1ccc(N2CCOCC2)cc1)N(C)C.CCCC(=O)c1ccc(N2CCOCC2)cc1. The molecule has 0 radical (unpaired) electrons. The van der Waals surface area contributed by atoms with Gasteiger partial charge in [-0.1, -0.05) is 56.3 Å². The lowest BCUT2D eigenvalue weighted by Gasteiger charge is -2.40. The largest absolute Gasteiger partial charge is 0.378 e. The van der Waals surface area contributed by atoms with Crippen LogP contribution in [0.1, 0.15) is 54.6 Å². The highest BCUT2D eigenvalue weighted by Crippen LogP contribution is 2.29. The lowest BCUT2D eigenvalue weighted by molar-refractivity contribution is 0.0981. The van der Waals surface area contributed by atoms with Gasteiger partial charge in [0.15, 0.2) is 5.78 Å². The van der Waals surface area contributed by atoms with Gasteiger partial charge in [0.1, 0.15) is 0 Å². The highest BCUT2D eigenvalue weighted by molar-refractivity contribution is 5.96. The second kappa shape index (κ2) is 16.6. The summed E-state index contributed by atoms with van der Waals surface area (Å²) in [6.07, 6.45) is 4.80. The van der Waals surface area contributed by atoms with Gasteiger partial charge in [-0.2, -0.15) is 0 Å². The van der Waals surface area contributed by atoms with E-state index in [1.807, 2.05) is 31.2 Å². The van der Waals surface area contributed by atoms with Gasteiger partial charge in [-0.25, -0.2) is 0 Å². The molecule has 2 aliphatic heterocycles. The number of hydrogen-bond donors (Lipinski definition) is 0. The number of hydrogen-bond acceptors (Lipinski definition) is 6. The van der Waals surface area contributed by atoms with Gasteiger partial charge in [0.2, 0.25) is 0 Å². The zero-order valence-electron chi connectivity index (χ0n) is 26.8. The highest BCUT2D eigenvalue weighted by atomic mass is 16.5. The minimum Gasteiger partial charge on any atom is -0.378 e. The molecule has 6 nitrogen and oxygen atoms in total. The van der Waals surface area contributed by atoms with Crippen LogP contribution in [-0.2, 0) is 22.3 Å². The van der Waals surface area contributed by atoms with Crippen molar-refractivity contribution in [2.24, 2.45) is 0 Å².